The molecule has 0 radical (unpaired) electrons. The molecule has 1 aliphatic rings. The number of ether oxygens (including phenoxy) is 2. The van der Waals surface area contributed by atoms with Crippen molar-refractivity contribution in [2.24, 2.45) is 0 Å². The molecule has 0 N–H and O–H groups in total. The summed E-state index contributed by atoms with van der Waals surface area (Å²) in [5.41, 5.74) is 2.84. The summed E-state index contributed by atoms with van der Waals surface area (Å²) in [6.45, 7) is 4.02. The first-order valence-electron chi connectivity index (χ1n) is 10.3. The summed E-state index contributed by atoms with van der Waals surface area (Å²) in [5.74, 6) is 1.89. The number of aromatic nitrogens is 3. The van der Waals surface area contributed by atoms with Crippen LogP contribution < -0.4 is 14.4 Å². The molecule has 0 unspecified atom stereocenters. The molecule has 0 saturated carbocycles. The minimum Gasteiger partial charge on any atom is -0.497 e. The minimum absolute atomic E-state index is 0.0281. The molecule has 8 heteroatoms. The number of nitrogens with zero attached hydrogens (tertiary/aromatic N) is 4. The second-order valence-electron chi connectivity index (χ2n) is 6.96. The molecule has 0 aliphatic carbocycles. The Bertz CT molecular complexity index is 1070. The summed E-state index contributed by atoms with van der Waals surface area (Å²) in [7, 11) is 1.62. The number of benzene rings is 2. The van der Waals surface area contributed by atoms with Crippen LogP contribution in [0.5, 0.6) is 11.6 Å². The lowest BCUT2D eigenvalue weighted by atomic mass is 10.1. The monoisotopic (exact) mass is 436 g/mol. The third-order valence-electron chi connectivity index (χ3n) is 4.92. The van der Waals surface area contributed by atoms with Crippen molar-refractivity contribution in [3.05, 3.63) is 54.1 Å². The summed E-state index contributed by atoms with van der Waals surface area (Å²) in [6.07, 6.45) is 0.440. The van der Waals surface area contributed by atoms with Crippen LogP contribution in [0.1, 0.15) is 38.5 Å². The Labute approximate surface area is 185 Å². The highest BCUT2D eigenvalue weighted by atomic mass is 32.2. The number of anilines is 1. The molecule has 1 amide bonds. The van der Waals surface area contributed by atoms with Crippen LogP contribution in [0.2, 0.25) is 0 Å². The van der Waals surface area contributed by atoms with Crippen molar-refractivity contribution in [2.75, 3.05) is 17.8 Å². The standard InChI is InChI=1S/C23H24N4O3S/c1-4-8-19(28)27-18-10-7-6-9-17(18)20-21(24-23(26-25-20)31-5-2)30-22(27)15-11-13-16(29-3)14-12-15/h6-7,9-14,22H,4-5,8H2,1-3H3/t22-/m0/s1. The summed E-state index contributed by atoms with van der Waals surface area (Å²) in [5, 5.41) is 9.21. The predicted molar refractivity (Wildman–Crippen MR) is 120 cm³/mol. The molecule has 0 spiro atoms. The zero-order valence-corrected chi connectivity index (χ0v) is 18.6. The SMILES string of the molecule is CCCC(=O)N1c2ccccc2-c2nnc(SCC)nc2O[C@H]1c1ccc(OC)cc1. The van der Waals surface area contributed by atoms with Gasteiger partial charge in [0.25, 0.3) is 0 Å². The largest absolute Gasteiger partial charge is 0.497 e. The van der Waals surface area contributed by atoms with Crippen molar-refractivity contribution in [2.45, 2.75) is 38.1 Å². The number of para-hydroxylation sites is 1. The van der Waals surface area contributed by atoms with Crippen LogP contribution in [-0.4, -0.2) is 34.0 Å². The Kier molecular flexibility index (Phi) is 6.36. The van der Waals surface area contributed by atoms with Gasteiger partial charge >= 0.3 is 0 Å². The maximum absolute atomic E-state index is 13.3. The first-order chi connectivity index (χ1) is 15.2. The Balaban J connectivity index is 1.91. The van der Waals surface area contributed by atoms with E-state index in [0.717, 1.165) is 34.7 Å². The van der Waals surface area contributed by atoms with E-state index in [4.69, 9.17) is 9.47 Å². The van der Waals surface area contributed by atoms with Gasteiger partial charge in [0.1, 0.15) is 5.75 Å². The first kappa shape index (κ1) is 21.1. The fourth-order valence-electron chi connectivity index (χ4n) is 3.49. The summed E-state index contributed by atoms with van der Waals surface area (Å²) >= 11 is 1.49. The van der Waals surface area contributed by atoms with E-state index in [1.165, 1.54) is 11.8 Å². The van der Waals surface area contributed by atoms with Gasteiger partial charge in [0.2, 0.25) is 23.2 Å². The number of thioether (sulfide) groups is 1. The van der Waals surface area contributed by atoms with E-state index in [0.29, 0.717) is 23.2 Å². The molecule has 4 rings (SSSR count). The third-order valence-corrected chi connectivity index (χ3v) is 5.64. The molecule has 2 heterocycles. The second-order valence-corrected chi connectivity index (χ2v) is 8.19. The zero-order chi connectivity index (χ0) is 21.8. The number of rotatable bonds is 6. The quantitative estimate of drug-likeness (QED) is 0.510. The molecule has 0 fully saturated rings. The number of methoxy groups -OCH3 is 1. The van der Waals surface area contributed by atoms with E-state index in [1.807, 2.05) is 62.4 Å². The van der Waals surface area contributed by atoms with Gasteiger partial charge in [-0.05, 0) is 42.5 Å². The van der Waals surface area contributed by atoms with Crippen molar-refractivity contribution in [1.29, 1.82) is 0 Å². The average molecular weight is 437 g/mol. The maximum atomic E-state index is 13.3. The average Bonchev–Trinajstić information content (AvgIpc) is 2.94. The lowest BCUT2D eigenvalue weighted by Gasteiger charge is -2.31. The van der Waals surface area contributed by atoms with Crippen molar-refractivity contribution < 1.29 is 14.3 Å². The molecule has 2 aromatic carbocycles. The molecule has 0 bridgehead atoms. The number of fused-ring (bicyclic) bond motifs is 3. The van der Waals surface area contributed by atoms with E-state index in [9.17, 15) is 4.79 Å². The number of carbonyl (C=O) groups is 1. The highest BCUT2D eigenvalue weighted by Gasteiger charge is 2.35. The minimum atomic E-state index is -0.691. The normalized spacial score (nSPS) is 14.8. The summed E-state index contributed by atoms with van der Waals surface area (Å²) < 4.78 is 11.7. The molecule has 7 nitrogen and oxygen atoms in total. The van der Waals surface area contributed by atoms with Crippen molar-refractivity contribution in [1.82, 2.24) is 15.2 Å². The van der Waals surface area contributed by atoms with Gasteiger partial charge in [-0.2, -0.15) is 4.98 Å². The fraction of sp³-hybridized carbons (Fsp3) is 0.304. The van der Waals surface area contributed by atoms with E-state index in [2.05, 4.69) is 15.2 Å². The van der Waals surface area contributed by atoms with E-state index in [-0.39, 0.29) is 5.91 Å². The Morgan fingerprint density at radius 1 is 1.13 bits per heavy atom. The highest BCUT2D eigenvalue weighted by molar-refractivity contribution is 7.99. The molecule has 1 aromatic heterocycles. The predicted octanol–water partition coefficient (Wildman–Crippen LogP) is 4.88. The Hall–Kier alpha value is -3.13. The van der Waals surface area contributed by atoms with Gasteiger partial charge in [0.05, 0.1) is 12.8 Å². The number of carbonyl (C=O) groups excluding carboxylic acids is 1. The highest BCUT2D eigenvalue weighted by Crippen LogP contribution is 2.43. The second kappa shape index (κ2) is 9.34. The Morgan fingerprint density at radius 3 is 2.61 bits per heavy atom. The smallest absolute Gasteiger partial charge is 0.247 e. The van der Waals surface area contributed by atoms with Crippen molar-refractivity contribution in [3.8, 4) is 22.9 Å². The van der Waals surface area contributed by atoms with Crippen LogP contribution in [0.3, 0.4) is 0 Å². The van der Waals surface area contributed by atoms with Gasteiger partial charge < -0.3 is 9.47 Å². The molecule has 1 atom stereocenters. The number of amides is 1. The maximum Gasteiger partial charge on any atom is 0.247 e. The molecule has 31 heavy (non-hydrogen) atoms. The Morgan fingerprint density at radius 2 is 1.90 bits per heavy atom. The van der Waals surface area contributed by atoms with Crippen LogP contribution in [0.4, 0.5) is 5.69 Å². The lowest BCUT2D eigenvalue weighted by molar-refractivity contribution is -0.120. The van der Waals surface area contributed by atoms with Crippen LogP contribution in [-0.2, 0) is 4.79 Å². The number of hydrogen-bond acceptors (Lipinski definition) is 7. The van der Waals surface area contributed by atoms with Crippen LogP contribution >= 0.6 is 11.8 Å². The van der Waals surface area contributed by atoms with Gasteiger partial charge in [0.15, 0.2) is 5.69 Å². The van der Waals surface area contributed by atoms with Gasteiger partial charge in [-0.1, -0.05) is 43.8 Å². The van der Waals surface area contributed by atoms with Crippen molar-refractivity contribution >= 4 is 23.4 Å². The third kappa shape index (κ3) is 4.20. The molecule has 1 aliphatic heterocycles. The van der Waals surface area contributed by atoms with E-state index >= 15 is 0 Å². The van der Waals surface area contributed by atoms with Gasteiger partial charge in [-0.3, -0.25) is 9.69 Å². The van der Waals surface area contributed by atoms with Crippen molar-refractivity contribution in [3.63, 3.8) is 0 Å². The van der Waals surface area contributed by atoms with Crippen LogP contribution in [0.15, 0.2) is 53.7 Å². The van der Waals surface area contributed by atoms with E-state index in [1.54, 1.807) is 12.0 Å². The van der Waals surface area contributed by atoms with Crippen LogP contribution in [0, 0.1) is 0 Å². The fourth-order valence-corrected chi connectivity index (χ4v) is 4.00. The molecular weight excluding hydrogens is 412 g/mol. The molecule has 160 valence electrons. The van der Waals surface area contributed by atoms with E-state index < -0.39 is 6.23 Å². The molecular formula is C23H24N4O3S. The van der Waals surface area contributed by atoms with Crippen LogP contribution in [0.25, 0.3) is 11.3 Å². The topological polar surface area (TPSA) is 77.4 Å². The van der Waals surface area contributed by atoms with Gasteiger partial charge in [-0.15, -0.1) is 10.2 Å². The lowest BCUT2D eigenvalue weighted by Crippen LogP contribution is -2.37. The number of hydrogen-bond donors (Lipinski definition) is 0. The first-order valence-corrected chi connectivity index (χ1v) is 11.2. The van der Waals surface area contributed by atoms with Gasteiger partial charge in [-0.25, -0.2) is 0 Å². The molecule has 3 aromatic rings. The summed E-state index contributed by atoms with van der Waals surface area (Å²) in [6, 6.07) is 15.2. The van der Waals surface area contributed by atoms with Gasteiger partial charge in [0, 0.05) is 17.5 Å². The summed E-state index contributed by atoms with van der Waals surface area (Å²) in [4.78, 5) is 19.6. The zero-order valence-electron chi connectivity index (χ0n) is 17.7. The molecule has 0 saturated heterocycles.